The van der Waals surface area contributed by atoms with Crippen molar-refractivity contribution in [3.05, 3.63) is 54.7 Å². The SMILES string of the molecule is COc1ccc(C=Cc2cc(I)c(OC)c(I)c2)cc1.[Li]. The molecule has 0 saturated carbocycles. The Morgan fingerprint density at radius 1 is 0.810 bits per heavy atom. The van der Waals surface area contributed by atoms with Crippen molar-refractivity contribution in [1.29, 1.82) is 0 Å². The zero-order valence-corrected chi connectivity index (χ0v) is 16.5. The van der Waals surface area contributed by atoms with Crippen LogP contribution >= 0.6 is 45.2 Å². The molecule has 0 spiro atoms. The third-order valence-electron chi connectivity index (χ3n) is 2.81. The van der Waals surface area contributed by atoms with E-state index in [2.05, 4.69) is 69.5 Å². The number of hydrogen-bond acceptors (Lipinski definition) is 2. The molecule has 2 aromatic carbocycles. The van der Waals surface area contributed by atoms with Gasteiger partial charge in [0.2, 0.25) is 0 Å². The van der Waals surface area contributed by atoms with Crippen molar-refractivity contribution < 1.29 is 9.47 Å². The maximum atomic E-state index is 5.37. The first-order chi connectivity index (χ1) is 9.63. The van der Waals surface area contributed by atoms with Crippen LogP contribution in [0, 0.1) is 7.14 Å². The zero-order valence-electron chi connectivity index (χ0n) is 12.2. The molecule has 5 heteroatoms. The van der Waals surface area contributed by atoms with Gasteiger partial charge in [-0.05, 0) is 80.6 Å². The van der Waals surface area contributed by atoms with Crippen LogP contribution in [0.2, 0.25) is 0 Å². The van der Waals surface area contributed by atoms with E-state index < -0.39 is 0 Å². The van der Waals surface area contributed by atoms with Gasteiger partial charge in [0, 0.05) is 18.9 Å². The second-order valence-electron chi connectivity index (χ2n) is 4.12. The van der Waals surface area contributed by atoms with Gasteiger partial charge in [-0.1, -0.05) is 24.3 Å². The van der Waals surface area contributed by atoms with Gasteiger partial charge in [-0.15, -0.1) is 0 Å². The Morgan fingerprint density at radius 3 is 1.81 bits per heavy atom. The summed E-state index contributed by atoms with van der Waals surface area (Å²) in [6, 6.07) is 12.2. The first-order valence-electron chi connectivity index (χ1n) is 5.99. The first-order valence-corrected chi connectivity index (χ1v) is 8.15. The van der Waals surface area contributed by atoms with Crippen molar-refractivity contribution in [2.24, 2.45) is 0 Å². The molecule has 105 valence electrons. The summed E-state index contributed by atoms with van der Waals surface area (Å²) in [7, 11) is 3.37. The summed E-state index contributed by atoms with van der Waals surface area (Å²) in [6.07, 6.45) is 4.19. The fraction of sp³-hybridized carbons (Fsp3) is 0.125. The Balaban J connectivity index is 0.00000220. The number of benzene rings is 2. The largest absolute Gasteiger partial charge is 0.497 e. The molecule has 0 aliphatic carbocycles. The van der Waals surface area contributed by atoms with Crippen molar-refractivity contribution >= 4 is 76.2 Å². The van der Waals surface area contributed by atoms with Crippen molar-refractivity contribution in [2.45, 2.75) is 0 Å². The van der Waals surface area contributed by atoms with E-state index in [0.29, 0.717) is 0 Å². The Labute approximate surface area is 164 Å². The standard InChI is InChI=1S/C16H14I2O2.Li/c1-19-13-7-5-11(6-8-13)3-4-12-9-14(17)16(20-2)15(18)10-12;/h3-10H,1-2H3;. The van der Waals surface area contributed by atoms with Crippen LogP contribution in [0.4, 0.5) is 0 Å². The number of ether oxygens (including phenoxy) is 2. The van der Waals surface area contributed by atoms with Crippen molar-refractivity contribution in [3.63, 3.8) is 0 Å². The average molecular weight is 499 g/mol. The number of methoxy groups -OCH3 is 2. The molecule has 0 unspecified atom stereocenters. The molecule has 0 atom stereocenters. The van der Waals surface area contributed by atoms with Crippen LogP contribution in [0.15, 0.2) is 36.4 Å². The second kappa shape index (κ2) is 9.08. The Kier molecular flexibility index (Phi) is 8.17. The van der Waals surface area contributed by atoms with Gasteiger partial charge in [-0.2, -0.15) is 0 Å². The third-order valence-corrected chi connectivity index (χ3v) is 4.41. The molecule has 2 aromatic rings. The summed E-state index contributed by atoms with van der Waals surface area (Å²) in [4.78, 5) is 0. The van der Waals surface area contributed by atoms with Crippen molar-refractivity contribution in [3.8, 4) is 11.5 Å². The van der Waals surface area contributed by atoms with Gasteiger partial charge in [-0.25, -0.2) is 0 Å². The summed E-state index contributed by atoms with van der Waals surface area (Å²) < 4.78 is 12.7. The van der Waals surface area contributed by atoms with Gasteiger partial charge in [-0.3, -0.25) is 0 Å². The molecule has 0 bridgehead atoms. The Bertz CT molecular complexity index is 602. The van der Waals surface area contributed by atoms with Crippen LogP contribution in [0.25, 0.3) is 12.2 Å². The maximum absolute atomic E-state index is 5.37. The predicted molar refractivity (Wildman–Crippen MR) is 106 cm³/mol. The maximum Gasteiger partial charge on any atom is 0.145 e. The van der Waals surface area contributed by atoms with Gasteiger partial charge in [0.25, 0.3) is 0 Å². The van der Waals surface area contributed by atoms with Crippen LogP contribution in [-0.4, -0.2) is 33.1 Å². The molecule has 0 aliphatic rings. The van der Waals surface area contributed by atoms with E-state index in [-0.39, 0.29) is 18.9 Å². The Hall–Kier alpha value is -0.163. The first kappa shape index (κ1) is 18.9. The van der Waals surface area contributed by atoms with Crippen LogP contribution in [-0.2, 0) is 0 Å². The summed E-state index contributed by atoms with van der Waals surface area (Å²) in [5, 5.41) is 0. The van der Waals surface area contributed by atoms with Gasteiger partial charge in [0.1, 0.15) is 11.5 Å². The fourth-order valence-corrected chi connectivity index (χ4v) is 4.03. The fourth-order valence-electron chi connectivity index (χ4n) is 1.78. The molecule has 21 heavy (non-hydrogen) atoms. The minimum Gasteiger partial charge on any atom is -0.497 e. The van der Waals surface area contributed by atoms with Gasteiger partial charge in [0.15, 0.2) is 0 Å². The molecule has 0 aromatic heterocycles. The minimum atomic E-state index is 0. The monoisotopic (exact) mass is 499 g/mol. The van der Waals surface area contributed by atoms with Gasteiger partial charge < -0.3 is 9.47 Å². The molecular formula is C16H14I2LiO2. The average Bonchev–Trinajstić information content (AvgIpc) is 2.45. The molecule has 0 fully saturated rings. The van der Waals surface area contributed by atoms with Crippen molar-refractivity contribution in [2.75, 3.05) is 14.2 Å². The molecule has 0 N–H and O–H groups in total. The molecule has 0 heterocycles. The minimum absolute atomic E-state index is 0. The van der Waals surface area contributed by atoms with E-state index >= 15 is 0 Å². The molecule has 0 amide bonds. The van der Waals surface area contributed by atoms with Gasteiger partial charge in [0.05, 0.1) is 21.4 Å². The number of hydrogen-bond donors (Lipinski definition) is 0. The van der Waals surface area contributed by atoms with Crippen LogP contribution < -0.4 is 9.47 Å². The van der Waals surface area contributed by atoms with E-state index in [1.165, 1.54) is 0 Å². The summed E-state index contributed by atoms with van der Waals surface area (Å²) in [5.41, 5.74) is 2.31. The topological polar surface area (TPSA) is 18.5 Å². The molecule has 2 nitrogen and oxygen atoms in total. The van der Waals surface area contributed by atoms with E-state index in [1.807, 2.05) is 24.3 Å². The van der Waals surface area contributed by atoms with Crippen LogP contribution in [0.3, 0.4) is 0 Å². The summed E-state index contributed by atoms with van der Waals surface area (Å²) >= 11 is 4.59. The van der Waals surface area contributed by atoms with Crippen LogP contribution in [0.1, 0.15) is 11.1 Å². The molecule has 1 radical (unpaired) electrons. The zero-order chi connectivity index (χ0) is 14.5. The third kappa shape index (κ3) is 5.20. The van der Waals surface area contributed by atoms with Gasteiger partial charge >= 0.3 is 0 Å². The summed E-state index contributed by atoms with van der Waals surface area (Å²) in [6.45, 7) is 0. The quantitative estimate of drug-likeness (QED) is 0.345. The van der Waals surface area contributed by atoms with E-state index in [9.17, 15) is 0 Å². The second-order valence-corrected chi connectivity index (χ2v) is 6.45. The molecular weight excluding hydrogens is 485 g/mol. The van der Waals surface area contributed by atoms with Crippen LogP contribution in [0.5, 0.6) is 11.5 Å². The molecule has 2 rings (SSSR count). The molecule has 0 aliphatic heterocycles. The molecule has 0 saturated heterocycles. The smallest absolute Gasteiger partial charge is 0.145 e. The Morgan fingerprint density at radius 2 is 1.33 bits per heavy atom. The normalized spacial score (nSPS) is 10.3. The predicted octanol–water partition coefficient (Wildman–Crippen LogP) is 4.70. The summed E-state index contributed by atoms with van der Waals surface area (Å²) in [5.74, 6) is 1.81. The van der Waals surface area contributed by atoms with E-state index in [4.69, 9.17) is 9.47 Å². The number of rotatable bonds is 4. The van der Waals surface area contributed by atoms with E-state index in [0.717, 1.165) is 29.8 Å². The number of halogens is 2. The van der Waals surface area contributed by atoms with E-state index in [1.54, 1.807) is 14.2 Å². The van der Waals surface area contributed by atoms with Crippen molar-refractivity contribution in [1.82, 2.24) is 0 Å².